The van der Waals surface area contributed by atoms with Gasteiger partial charge in [0.05, 0.1) is 7.11 Å². The maximum absolute atomic E-state index is 12.8. The van der Waals surface area contributed by atoms with Crippen LogP contribution in [-0.2, 0) is 4.79 Å². The Hall–Kier alpha value is -2.38. The first-order chi connectivity index (χ1) is 11.8. The number of aromatic nitrogens is 2. The van der Waals surface area contributed by atoms with Gasteiger partial charge in [0.15, 0.2) is 4.34 Å². The molecule has 1 heterocycles. The highest BCUT2D eigenvalue weighted by atomic mass is 32.2. The lowest BCUT2D eigenvalue weighted by molar-refractivity contribution is -0.115. The van der Waals surface area contributed by atoms with Gasteiger partial charge in [0.25, 0.3) is 0 Å². The summed E-state index contributed by atoms with van der Waals surface area (Å²) in [6, 6.07) is 16.9. The Kier molecular flexibility index (Phi) is 5.45. The van der Waals surface area contributed by atoms with Crippen molar-refractivity contribution in [1.29, 1.82) is 0 Å². The Morgan fingerprint density at radius 3 is 2.75 bits per heavy atom. The first-order valence-corrected chi connectivity index (χ1v) is 8.95. The number of amides is 1. The van der Waals surface area contributed by atoms with E-state index in [1.165, 1.54) is 23.1 Å². The van der Waals surface area contributed by atoms with Crippen molar-refractivity contribution in [3.8, 4) is 5.75 Å². The fraction of sp³-hybridized carbons (Fsp3) is 0.118. The molecule has 3 aromatic rings. The number of ether oxygens (including phenoxy) is 1. The van der Waals surface area contributed by atoms with E-state index in [1.54, 1.807) is 18.7 Å². The van der Waals surface area contributed by atoms with Crippen molar-refractivity contribution in [3.63, 3.8) is 0 Å². The summed E-state index contributed by atoms with van der Waals surface area (Å²) in [7, 11) is 1.60. The van der Waals surface area contributed by atoms with Crippen LogP contribution in [0, 0.1) is 0 Å². The number of benzene rings is 2. The van der Waals surface area contributed by atoms with E-state index >= 15 is 0 Å². The van der Waals surface area contributed by atoms with Crippen LogP contribution in [0.25, 0.3) is 0 Å². The molecule has 0 bridgehead atoms. The molecule has 1 amide bonds. The summed E-state index contributed by atoms with van der Waals surface area (Å²) in [5, 5.41) is 10.4. The lowest BCUT2D eigenvalue weighted by Crippen LogP contribution is -2.19. The third kappa shape index (κ3) is 4.12. The zero-order valence-corrected chi connectivity index (χ0v) is 14.5. The van der Waals surface area contributed by atoms with E-state index in [0.29, 0.717) is 11.4 Å². The monoisotopic (exact) mass is 357 g/mol. The normalized spacial score (nSPS) is 11.7. The van der Waals surface area contributed by atoms with Crippen molar-refractivity contribution in [3.05, 3.63) is 65.7 Å². The molecule has 1 atom stereocenters. The molecule has 0 radical (unpaired) electrons. The average molecular weight is 357 g/mol. The third-order valence-corrected chi connectivity index (χ3v) is 5.30. The summed E-state index contributed by atoms with van der Waals surface area (Å²) < 4.78 is 5.95. The van der Waals surface area contributed by atoms with Crippen molar-refractivity contribution >= 4 is 34.7 Å². The lowest BCUT2D eigenvalue weighted by atomic mass is 10.1. The van der Waals surface area contributed by atoms with Gasteiger partial charge in [-0.3, -0.25) is 4.79 Å². The molecule has 0 aliphatic carbocycles. The smallest absolute Gasteiger partial charge is 0.242 e. The van der Waals surface area contributed by atoms with Crippen LogP contribution < -0.4 is 10.1 Å². The molecule has 1 unspecified atom stereocenters. The maximum atomic E-state index is 12.8. The second-order valence-electron chi connectivity index (χ2n) is 4.83. The molecule has 1 aromatic heterocycles. The Labute approximate surface area is 148 Å². The van der Waals surface area contributed by atoms with Gasteiger partial charge in [0.1, 0.15) is 16.5 Å². The maximum Gasteiger partial charge on any atom is 0.242 e. The van der Waals surface area contributed by atoms with Gasteiger partial charge < -0.3 is 10.1 Å². The SMILES string of the molecule is COc1cccc(NC(=O)C(Sc2nncs2)c2ccccc2)c1. The summed E-state index contributed by atoms with van der Waals surface area (Å²) in [4.78, 5) is 12.8. The van der Waals surface area contributed by atoms with Crippen LogP contribution in [-0.4, -0.2) is 23.2 Å². The summed E-state index contributed by atoms with van der Waals surface area (Å²) in [6.07, 6.45) is 0. The largest absolute Gasteiger partial charge is 0.497 e. The molecule has 0 aliphatic rings. The van der Waals surface area contributed by atoms with Gasteiger partial charge in [-0.25, -0.2) is 0 Å². The molecule has 0 saturated carbocycles. The fourth-order valence-corrected chi connectivity index (χ4v) is 3.80. The van der Waals surface area contributed by atoms with Crippen LogP contribution in [0.4, 0.5) is 5.69 Å². The zero-order valence-electron chi connectivity index (χ0n) is 12.9. The highest BCUT2D eigenvalue weighted by Gasteiger charge is 2.23. The standard InChI is InChI=1S/C17H15N3O2S2/c1-22-14-9-5-8-13(10-14)19-16(21)15(12-6-3-2-4-7-12)24-17-20-18-11-23-17/h2-11,15H,1H3,(H,19,21). The number of hydrogen-bond acceptors (Lipinski definition) is 6. The third-order valence-electron chi connectivity index (χ3n) is 3.24. The molecule has 24 heavy (non-hydrogen) atoms. The summed E-state index contributed by atoms with van der Waals surface area (Å²) in [5.41, 5.74) is 3.26. The number of carbonyl (C=O) groups is 1. The second-order valence-corrected chi connectivity index (χ2v) is 7.02. The number of thioether (sulfide) groups is 1. The molecule has 5 nitrogen and oxygen atoms in total. The van der Waals surface area contributed by atoms with E-state index in [9.17, 15) is 4.79 Å². The zero-order chi connectivity index (χ0) is 16.8. The molecule has 7 heteroatoms. The second kappa shape index (κ2) is 7.94. The minimum Gasteiger partial charge on any atom is -0.497 e. The molecular weight excluding hydrogens is 342 g/mol. The highest BCUT2D eigenvalue weighted by Crippen LogP contribution is 2.36. The molecule has 1 N–H and O–H groups in total. The number of methoxy groups -OCH3 is 1. The topological polar surface area (TPSA) is 64.1 Å². The summed E-state index contributed by atoms with van der Waals surface area (Å²) in [6.45, 7) is 0. The predicted molar refractivity (Wildman–Crippen MR) is 96.6 cm³/mol. The highest BCUT2D eigenvalue weighted by molar-refractivity contribution is 8.01. The van der Waals surface area contributed by atoms with Crippen LogP contribution in [0.5, 0.6) is 5.75 Å². The van der Waals surface area contributed by atoms with E-state index in [-0.39, 0.29) is 5.91 Å². The summed E-state index contributed by atoms with van der Waals surface area (Å²) in [5.74, 6) is 0.579. The number of hydrogen-bond donors (Lipinski definition) is 1. The van der Waals surface area contributed by atoms with Crippen LogP contribution in [0.3, 0.4) is 0 Å². The van der Waals surface area contributed by atoms with E-state index in [1.807, 2.05) is 48.5 Å². The van der Waals surface area contributed by atoms with Crippen LogP contribution in [0.15, 0.2) is 64.4 Å². The van der Waals surface area contributed by atoms with E-state index in [4.69, 9.17) is 4.74 Å². The van der Waals surface area contributed by atoms with E-state index in [0.717, 1.165) is 9.90 Å². The van der Waals surface area contributed by atoms with Gasteiger partial charge in [-0.2, -0.15) is 0 Å². The molecule has 0 aliphatic heterocycles. The number of anilines is 1. The lowest BCUT2D eigenvalue weighted by Gasteiger charge is -2.16. The molecular formula is C17H15N3O2S2. The quantitative estimate of drug-likeness (QED) is 0.675. The molecule has 2 aromatic carbocycles. The van der Waals surface area contributed by atoms with Crippen LogP contribution in [0.2, 0.25) is 0 Å². The minimum atomic E-state index is -0.412. The van der Waals surface area contributed by atoms with Crippen molar-refractivity contribution in [2.24, 2.45) is 0 Å². The molecule has 122 valence electrons. The number of carbonyl (C=O) groups excluding carboxylic acids is 1. The Balaban J connectivity index is 1.82. The van der Waals surface area contributed by atoms with Crippen molar-refractivity contribution in [2.75, 3.05) is 12.4 Å². The van der Waals surface area contributed by atoms with Gasteiger partial charge in [0.2, 0.25) is 5.91 Å². The number of nitrogens with one attached hydrogen (secondary N) is 1. The molecule has 0 saturated heterocycles. The first-order valence-electron chi connectivity index (χ1n) is 7.19. The van der Waals surface area contributed by atoms with Gasteiger partial charge in [-0.1, -0.05) is 59.5 Å². The summed E-state index contributed by atoms with van der Waals surface area (Å²) >= 11 is 2.80. The van der Waals surface area contributed by atoms with Crippen LogP contribution >= 0.6 is 23.1 Å². The average Bonchev–Trinajstić information content (AvgIpc) is 3.14. The van der Waals surface area contributed by atoms with Crippen molar-refractivity contribution in [1.82, 2.24) is 10.2 Å². The number of nitrogens with zero attached hydrogens (tertiary/aromatic N) is 2. The van der Waals surface area contributed by atoms with Gasteiger partial charge >= 0.3 is 0 Å². The van der Waals surface area contributed by atoms with Gasteiger partial charge in [0, 0.05) is 11.8 Å². The van der Waals surface area contributed by atoms with E-state index in [2.05, 4.69) is 15.5 Å². The molecule has 0 spiro atoms. The Morgan fingerprint density at radius 1 is 1.21 bits per heavy atom. The predicted octanol–water partition coefficient (Wildman–Crippen LogP) is 4.02. The fourth-order valence-electron chi connectivity index (χ4n) is 2.12. The first kappa shape index (κ1) is 16.5. The van der Waals surface area contributed by atoms with E-state index < -0.39 is 5.25 Å². The van der Waals surface area contributed by atoms with Crippen molar-refractivity contribution < 1.29 is 9.53 Å². The Bertz CT molecular complexity index is 795. The van der Waals surface area contributed by atoms with Gasteiger partial charge in [-0.15, -0.1) is 10.2 Å². The minimum absolute atomic E-state index is 0.116. The van der Waals surface area contributed by atoms with Gasteiger partial charge in [-0.05, 0) is 17.7 Å². The molecule has 3 rings (SSSR count). The van der Waals surface area contributed by atoms with Crippen LogP contribution in [0.1, 0.15) is 10.8 Å². The Morgan fingerprint density at radius 2 is 2.04 bits per heavy atom. The van der Waals surface area contributed by atoms with Crippen molar-refractivity contribution in [2.45, 2.75) is 9.59 Å². The number of rotatable bonds is 6. The molecule has 0 fully saturated rings.